The Labute approximate surface area is 345 Å². The van der Waals surface area contributed by atoms with Crippen molar-refractivity contribution in [2.45, 2.75) is 11.8 Å². The van der Waals surface area contributed by atoms with Gasteiger partial charge >= 0.3 is 29.6 Å². The third-order valence-electron chi connectivity index (χ3n) is 5.35. The molecule has 0 atom stereocenters. The summed E-state index contributed by atoms with van der Waals surface area (Å²) in [5, 5.41) is 36.9. The van der Waals surface area contributed by atoms with E-state index in [0.29, 0.717) is 119 Å². The van der Waals surface area contributed by atoms with Crippen molar-refractivity contribution >= 4 is 10.1 Å². The smallest absolute Gasteiger partial charge is 0.394 e. The first-order valence-corrected chi connectivity index (χ1v) is 18.3. The van der Waals surface area contributed by atoms with Crippen LogP contribution in [-0.4, -0.2) is 187 Å². The van der Waals surface area contributed by atoms with Crippen molar-refractivity contribution in [1.29, 1.82) is 0 Å². The van der Waals surface area contributed by atoms with Crippen LogP contribution in [0.3, 0.4) is 0 Å². The van der Waals surface area contributed by atoms with Crippen LogP contribution in [0.25, 0.3) is 26.4 Å². The Morgan fingerprint density at radius 2 is 0.782 bits per heavy atom. The summed E-state index contributed by atoms with van der Waals surface area (Å²) < 4.78 is 74.3. The molecule has 0 aromatic heterocycles. The normalized spacial score (nSPS) is 10.3. The van der Waals surface area contributed by atoms with Crippen molar-refractivity contribution in [3.63, 3.8) is 0 Å². The largest absolute Gasteiger partial charge is 1.00 e. The molecule has 1 aromatic rings. The minimum Gasteiger partial charge on any atom is -0.394 e. The number of benzene rings is 1. The minimum atomic E-state index is -3.74. The number of aliphatic hydroxyl groups is 4. The van der Waals surface area contributed by atoms with Crippen molar-refractivity contribution in [2.24, 2.45) is 5.11 Å². The van der Waals surface area contributed by atoms with Crippen LogP contribution in [0.4, 0.5) is 0 Å². The summed E-state index contributed by atoms with van der Waals surface area (Å²) in [5.41, 5.74) is 22.4. The zero-order chi connectivity index (χ0) is 40.6. The van der Waals surface area contributed by atoms with Gasteiger partial charge in [-0.05, 0) is 24.6 Å². The van der Waals surface area contributed by atoms with E-state index in [1.54, 1.807) is 12.1 Å². The quantitative estimate of drug-likeness (QED) is 0.0145. The SMILES string of the molecule is Cc1ccc(S(=O)(=O)OCCOCCOCCOCCO)cc1.OCCOCCOCCOCCO.[N-]=[N+]=NCCOCCOCCOCCO.[N-]=[N+]=[N-].[Na+]. The third kappa shape index (κ3) is 52.2. The first kappa shape index (κ1) is 59.9. The van der Waals surface area contributed by atoms with Gasteiger partial charge in [-0.2, -0.15) is 8.42 Å². The second kappa shape index (κ2) is 52.2. The zero-order valence-corrected chi connectivity index (χ0v) is 34.9. The number of rotatable bonds is 34. The molecule has 24 heteroatoms. The summed E-state index contributed by atoms with van der Waals surface area (Å²) in [6.07, 6.45) is 0. The number of nitrogens with zero attached hydrogens (tertiary/aromatic N) is 6. The Balaban J connectivity index is -0.000000355. The number of hydrogen-bond donors (Lipinski definition) is 4. The van der Waals surface area contributed by atoms with Gasteiger partial charge in [-0.3, -0.25) is 9.09 Å². The van der Waals surface area contributed by atoms with E-state index in [0.717, 1.165) is 5.56 Å². The molecule has 0 radical (unpaired) electrons. The molecule has 0 heterocycles. The number of ether oxygens (including phenoxy) is 9. The minimum absolute atomic E-state index is 0. The second-order valence-electron chi connectivity index (χ2n) is 9.54. The van der Waals surface area contributed by atoms with E-state index in [4.69, 9.17) is 83.8 Å². The van der Waals surface area contributed by atoms with E-state index in [-0.39, 0.29) is 74.1 Å². The van der Waals surface area contributed by atoms with Crippen molar-refractivity contribution < 1.29 is 105 Å². The molecular formula is C31H59N6NaO16S. The van der Waals surface area contributed by atoms with Crippen LogP contribution in [0.2, 0.25) is 0 Å². The van der Waals surface area contributed by atoms with Gasteiger partial charge in [0.15, 0.2) is 0 Å². The molecule has 0 aliphatic heterocycles. The van der Waals surface area contributed by atoms with E-state index in [9.17, 15) is 8.42 Å². The van der Waals surface area contributed by atoms with Crippen LogP contribution in [0.1, 0.15) is 5.56 Å². The molecule has 4 N–H and O–H groups in total. The fraction of sp³-hybridized carbons (Fsp3) is 0.806. The van der Waals surface area contributed by atoms with Crippen molar-refractivity contribution in [3.05, 3.63) is 56.2 Å². The molecule has 0 saturated carbocycles. The molecule has 1 aromatic carbocycles. The van der Waals surface area contributed by atoms with Gasteiger partial charge in [-0.1, -0.05) is 22.8 Å². The van der Waals surface area contributed by atoms with Crippen LogP contribution >= 0.6 is 0 Å². The maximum Gasteiger partial charge on any atom is 1.00 e. The molecule has 0 bridgehead atoms. The molecule has 316 valence electrons. The molecule has 0 amide bonds. The Hall–Kier alpha value is -1.77. The molecule has 55 heavy (non-hydrogen) atoms. The van der Waals surface area contributed by atoms with Gasteiger partial charge in [-0.15, -0.1) is 0 Å². The number of aryl methyl sites for hydroxylation is 1. The topological polar surface area (TPSA) is 315 Å². The number of aliphatic hydroxyl groups excluding tert-OH is 4. The Kier molecular flexibility index (Phi) is 56.9. The predicted molar refractivity (Wildman–Crippen MR) is 194 cm³/mol. The average molecular weight is 827 g/mol. The predicted octanol–water partition coefficient (Wildman–Crippen LogP) is -2.03. The molecule has 22 nitrogen and oxygen atoms in total. The molecule has 0 fully saturated rings. The molecule has 0 aliphatic carbocycles. The molecule has 0 aliphatic rings. The Morgan fingerprint density at radius 1 is 0.509 bits per heavy atom. The van der Waals surface area contributed by atoms with Crippen molar-refractivity contribution in [2.75, 3.05) is 159 Å². The van der Waals surface area contributed by atoms with E-state index in [2.05, 4.69) is 10.0 Å². The second-order valence-corrected chi connectivity index (χ2v) is 11.2. The maximum absolute atomic E-state index is 11.9. The van der Waals surface area contributed by atoms with E-state index in [1.165, 1.54) is 17.0 Å². The van der Waals surface area contributed by atoms with Crippen LogP contribution in [0, 0.1) is 6.92 Å². The number of hydrogen-bond acceptors (Lipinski definition) is 17. The van der Waals surface area contributed by atoms with Gasteiger partial charge in [0.05, 0.1) is 157 Å². The first-order valence-electron chi connectivity index (χ1n) is 16.9. The molecule has 1 rings (SSSR count). The summed E-state index contributed by atoms with van der Waals surface area (Å²) in [4.78, 5) is 4.22. The maximum atomic E-state index is 11.9. The Bertz CT molecular complexity index is 1080. The fourth-order valence-electron chi connectivity index (χ4n) is 3.01. The van der Waals surface area contributed by atoms with Crippen LogP contribution in [-0.2, 0) is 56.9 Å². The zero-order valence-electron chi connectivity index (χ0n) is 32.1. The van der Waals surface area contributed by atoms with E-state index < -0.39 is 10.1 Å². The number of azide groups is 1. The standard InChI is InChI=1S/C15H24O7S.C8H17N3O4.C8H18O5.N3.Na/c1-14-2-4-15(5-3-14)23(17,18)22-13-12-21-11-10-20-9-8-19-7-6-16;9-11-10-1-3-13-5-7-15-8-6-14-4-2-12;9-1-3-11-5-7-13-8-6-12-4-2-10;1-3-2;/h2-5,16H,6-13H2,1H3;12H,1-8H2;9-10H,1-8H2;;/q;;;-1;+1. The first-order chi connectivity index (χ1) is 26.3. The van der Waals surface area contributed by atoms with E-state index >= 15 is 0 Å². The van der Waals surface area contributed by atoms with Gasteiger partial charge in [0.2, 0.25) is 0 Å². The van der Waals surface area contributed by atoms with E-state index in [1.807, 2.05) is 6.92 Å². The third-order valence-corrected chi connectivity index (χ3v) is 6.68. The molecular weight excluding hydrogens is 767 g/mol. The van der Waals surface area contributed by atoms with Gasteiger partial charge in [0.25, 0.3) is 10.1 Å². The molecule has 0 unspecified atom stereocenters. The summed E-state index contributed by atoms with van der Waals surface area (Å²) in [7, 11) is -3.74. The average Bonchev–Trinajstić information content (AvgIpc) is 3.16. The van der Waals surface area contributed by atoms with Crippen LogP contribution in [0.15, 0.2) is 34.3 Å². The van der Waals surface area contributed by atoms with Crippen molar-refractivity contribution in [3.8, 4) is 0 Å². The van der Waals surface area contributed by atoms with Gasteiger partial charge in [-0.25, -0.2) is 0 Å². The van der Waals surface area contributed by atoms with Gasteiger partial charge in [0, 0.05) is 11.5 Å². The van der Waals surface area contributed by atoms with Crippen LogP contribution in [0.5, 0.6) is 0 Å². The molecule has 0 spiro atoms. The summed E-state index contributed by atoms with van der Waals surface area (Å²) in [5.74, 6) is 0. The summed E-state index contributed by atoms with van der Waals surface area (Å²) in [6, 6.07) is 6.46. The Morgan fingerprint density at radius 3 is 1.07 bits per heavy atom. The molecule has 0 saturated heterocycles. The van der Waals surface area contributed by atoms with Crippen LogP contribution < -0.4 is 29.6 Å². The van der Waals surface area contributed by atoms with Gasteiger partial charge in [0.1, 0.15) is 0 Å². The summed E-state index contributed by atoms with van der Waals surface area (Å²) >= 11 is 0. The van der Waals surface area contributed by atoms with Gasteiger partial charge < -0.3 is 74.1 Å². The monoisotopic (exact) mass is 826 g/mol. The fourth-order valence-corrected chi connectivity index (χ4v) is 3.90. The van der Waals surface area contributed by atoms with Crippen molar-refractivity contribution in [1.82, 2.24) is 0 Å². The summed E-state index contributed by atoms with van der Waals surface area (Å²) in [6.45, 7) is 9.65.